The molecule has 0 fully saturated rings. The molecule has 0 radical (unpaired) electrons. The summed E-state index contributed by atoms with van der Waals surface area (Å²) >= 11 is 0. The molecule has 0 amide bonds. The Labute approximate surface area is 117 Å². The molecular weight excluding hydrogens is 287 g/mol. The lowest BCUT2D eigenvalue weighted by Gasteiger charge is -2.30. The summed E-state index contributed by atoms with van der Waals surface area (Å²) in [6, 6.07) is 6.15. The SMILES string of the molecule is CCOC(=O)OC(CC)(c1ccccc1)S(=O)(=O)CF. The van der Waals surface area contributed by atoms with Crippen molar-refractivity contribution in [2.45, 2.75) is 25.2 Å². The molecule has 0 spiro atoms. The van der Waals surface area contributed by atoms with Gasteiger partial charge in [-0.05, 0) is 6.92 Å². The van der Waals surface area contributed by atoms with Crippen molar-refractivity contribution in [3.05, 3.63) is 35.9 Å². The van der Waals surface area contributed by atoms with Crippen LogP contribution in [0.1, 0.15) is 25.8 Å². The van der Waals surface area contributed by atoms with Gasteiger partial charge in [-0.1, -0.05) is 37.3 Å². The molecule has 0 aliphatic heterocycles. The van der Waals surface area contributed by atoms with Crippen LogP contribution in [0, 0.1) is 0 Å². The second-order valence-corrected chi connectivity index (χ2v) is 6.09. The summed E-state index contributed by atoms with van der Waals surface area (Å²) in [5, 5.41) is 0. The maximum Gasteiger partial charge on any atom is 0.510 e. The van der Waals surface area contributed by atoms with Gasteiger partial charge in [0.1, 0.15) is 0 Å². The van der Waals surface area contributed by atoms with Crippen LogP contribution in [-0.2, 0) is 24.2 Å². The van der Waals surface area contributed by atoms with Crippen LogP contribution in [0.25, 0.3) is 0 Å². The fourth-order valence-corrected chi connectivity index (χ4v) is 3.17. The number of benzene rings is 1. The lowest BCUT2D eigenvalue weighted by Crippen LogP contribution is -2.41. The topological polar surface area (TPSA) is 69.7 Å². The molecule has 1 atom stereocenters. The maximum absolute atomic E-state index is 13.0. The molecule has 0 aliphatic rings. The van der Waals surface area contributed by atoms with E-state index in [0.717, 1.165) is 0 Å². The smallest absolute Gasteiger partial charge is 0.435 e. The highest BCUT2D eigenvalue weighted by Gasteiger charge is 2.48. The lowest BCUT2D eigenvalue weighted by atomic mass is 10.1. The second-order valence-electron chi connectivity index (χ2n) is 3.98. The Hall–Kier alpha value is -1.63. The van der Waals surface area contributed by atoms with Crippen LogP contribution in [-0.4, -0.2) is 27.2 Å². The monoisotopic (exact) mass is 304 g/mol. The molecule has 5 nitrogen and oxygen atoms in total. The molecule has 112 valence electrons. The van der Waals surface area contributed by atoms with Crippen molar-refractivity contribution >= 4 is 16.0 Å². The standard InChI is InChI=1S/C13H17FO5S/c1-3-13(20(16,17)10-14,19-12(15)18-4-2)11-8-6-5-7-9-11/h5-9H,3-4,10H2,1-2H3. The zero-order valence-electron chi connectivity index (χ0n) is 11.3. The van der Waals surface area contributed by atoms with Gasteiger partial charge in [0.25, 0.3) is 0 Å². The van der Waals surface area contributed by atoms with E-state index in [1.807, 2.05) is 0 Å². The number of sulfone groups is 1. The Morgan fingerprint density at radius 1 is 1.25 bits per heavy atom. The van der Waals surface area contributed by atoms with Gasteiger partial charge in [-0.15, -0.1) is 0 Å². The van der Waals surface area contributed by atoms with E-state index in [0.29, 0.717) is 0 Å². The minimum atomic E-state index is -4.33. The van der Waals surface area contributed by atoms with E-state index in [4.69, 9.17) is 4.74 Å². The highest BCUT2D eigenvalue weighted by molar-refractivity contribution is 7.92. The van der Waals surface area contributed by atoms with Crippen molar-refractivity contribution in [3.63, 3.8) is 0 Å². The normalized spacial score (nSPS) is 14.3. The van der Waals surface area contributed by atoms with Gasteiger partial charge in [-0.25, -0.2) is 17.6 Å². The first-order valence-electron chi connectivity index (χ1n) is 6.13. The minimum absolute atomic E-state index is 0.0308. The molecule has 1 aromatic carbocycles. The molecule has 0 aromatic heterocycles. The van der Waals surface area contributed by atoms with Gasteiger partial charge in [0.15, 0.2) is 6.01 Å². The average molecular weight is 304 g/mol. The number of carbonyl (C=O) groups excluding carboxylic acids is 1. The summed E-state index contributed by atoms with van der Waals surface area (Å²) in [6.07, 6.45) is -1.27. The van der Waals surface area contributed by atoms with Gasteiger partial charge in [-0.2, -0.15) is 0 Å². The zero-order chi connectivity index (χ0) is 15.2. The molecule has 0 bridgehead atoms. The van der Waals surface area contributed by atoms with Crippen molar-refractivity contribution in [3.8, 4) is 0 Å². The fourth-order valence-electron chi connectivity index (χ4n) is 1.86. The number of ether oxygens (including phenoxy) is 2. The van der Waals surface area contributed by atoms with Gasteiger partial charge in [0, 0.05) is 12.0 Å². The first-order chi connectivity index (χ1) is 9.43. The molecule has 20 heavy (non-hydrogen) atoms. The predicted octanol–water partition coefficient (Wildman–Crippen LogP) is 2.76. The number of rotatable bonds is 6. The van der Waals surface area contributed by atoms with Crippen molar-refractivity contribution in [1.82, 2.24) is 0 Å². The molecule has 0 aliphatic carbocycles. The van der Waals surface area contributed by atoms with Crippen molar-refractivity contribution in [2.75, 3.05) is 12.6 Å². The van der Waals surface area contributed by atoms with E-state index in [1.54, 1.807) is 25.1 Å². The third kappa shape index (κ3) is 3.09. The van der Waals surface area contributed by atoms with Gasteiger partial charge < -0.3 is 9.47 Å². The summed E-state index contributed by atoms with van der Waals surface area (Å²) in [5.41, 5.74) is 0.188. The van der Waals surface area contributed by atoms with Crippen LogP contribution in [0.2, 0.25) is 0 Å². The number of alkyl halides is 1. The van der Waals surface area contributed by atoms with Crippen LogP contribution in [0.5, 0.6) is 0 Å². The zero-order valence-corrected chi connectivity index (χ0v) is 12.2. The van der Waals surface area contributed by atoms with E-state index >= 15 is 0 Å². The first-order valence-corrected chi connectivity index (χ1v) is 7.78. The number of carbonyl (C=O) groups is 1. The molecule has 0 heterocycles. The van der Waals surface area contributed by atoms with Crippen molar-refractivity contribution < 1.29 is 27.1 Å². The Morgan fingerprint density at radius 2 is 1.85 bits per heavy atom. The summed E-state index contributed by atoms with van der Waals surface area (Å²) in [4.78, 5) is 9.45. The summed E-state index contributed by atoms with van der Waals surface area (Å²) in [6.45, 7) is 3.09. The quantitative estimate of drug-likeness (QED) is 0.756. The van der Waals surface area contributed by atoms with Crippen molar-refractivity contribution in [1.29, 1.82) is 0 Å². The predicted molar refractivity (Wildman–Crippen MR) is 71.4 cm³/mol. The second kappa shape index (κ2) is 6.69. The Morgan fingerprint density at radius 3 is 2.30 bits per heavy atom. The first kappa shape index (κ1) is 16.4. The molecule has 0 saturated heterocycles. The Balaban J connectivity index is 3.35. The van der Waals surface area contributed by atoms with Gasteiger partial charge in [0.2, 0.25) is 14.8 Å². The van der Waals surface area contributed by atoms with Gasteiger partial charge in [-0.3, -0.25) is 0 Å². The maximum atomic E-state index is 13.0. The molecule has 1 aromatic rings. The molecule has 0 N–H and O–H groups in total. The van der Waals surface area contributed by atoms with E-state index in [2.05, 4.69) is 4.74 Å². The largest absolute Gasteiger partial charge is 0.510 e. The summed E-state index contributed by atoms with van der Waals surface area (Å²) < 4.78 is 46.7. The van der Waals surface area contributed by atoms with E-state index in [1.165, 1.54) is 19.1 Å². The van der Waals surface area contributed by atoms with Crippen LogP contribution in [0.4, 0.5) is 9.18 Å². The third-order valence-electron chi connectivity index (χ3n) is 2.84. The molecular formula is C13H17FO5S. The van der Waals surface area contributed by atoms with Gasteiger partial charge >= 0.3 is 6.16 Å². The lowest BCUT2D eigenvalue weighted by molar-refractivity contribution is 0.00300. The molecule has 7 heteroatoms. The van der Waals surface area contributed by atoms with E-state index in [-0.39, 0.29) is 18.6 Å². The Kier molecular flexibility index (Phi) is 5.50. The highest BCUT2D eigenvalue weighted by atomic mass is 32.2. The van der Waals surface area contributed by atoms with Crippen LogP contribution >= 0.6 is 0 Å². The number of halogens is 1. The van der Waals surface area contributed by atoms with Gasteiger partial charge in [0.05, 0.1) is 6.61 Å². The molecule has 1 rings (SSSR count). The third-order valence-corrected chi connectivity index (χ3v) is 4.74. The van der Waals surface area contributed by atoms with Crippen molar-refractivity contribution in [2.24, 2.45) is 0 Å². The minimum Gasteiger partial charge on any atom is -0.435 e. The molecule has 1 unspecified atom stereocenters. The average Bonchev–Trinajstić information content (AvgIpc) is 2.45. The van der Waals surface area contributed by atoms with E-state index in [9.17, 15) is 17.6 Å². The van der Waals surface area contributed by atoms with Crippen LogP contribution in [0.15, 0.2) is 30.3 Å². The Bertz CT molecular complexity index is 543. The highest BCUT2D eigenvalue weighted by Crippen LogP contribution is 2.36. The van der Waals surface area contributed by atoms with E-state index < -0.39 is 26.9 Å². The number of hydrogen-bond acceptors (Lipinski definition) is 5. The fraction of sp³-hybridized carbons (Fsp3) is 0.462. The summed E-state index contributed by atoms with van der Waals surface area (Å²) in [5.74, 6) is 0. The molecule has 0 saturated carbocycles. The number of hydrogen-bond donors (Lipinski definition) is 0. The van der Waals surface area contributed by atoms with Crippen LogP contribution in [0.3, 0.4) is 0 Å². The summed E-state index contributed by atoms with van der Waals surface area (Å²) in [7, 11) is -4.33. The van der Waals surface area contributed by atoms with Crippen LogP contribution < -0.4 is 0 Å².